The van der Waals surface area contributed by atoms with Crippen molar-refractivity contribution < 1.29 is 10.2 Å². The third kappa shape index (κ3) is 5.71. The molecule has 1 aromatic carbocycles. The smallest absolute Gasteiger partial charge is 0.115 e. The predicted molar refractivity (Wildman–Crippen MR) is 69.9 cm³/mol. The van der Waals surface area contributed by atoms with Crippen LogP contribution >= 0.6 is 0 Å². The van der Waals surface area contributed by atoms with Gasteiger partial charge in [0.2, 0.25) is 0 Å². The van der Waals surface area contributed by atoms with Crippen LogP contribution in [0.1, 0.15) is 32.3 Å². The summed E-state index contributed by atoms with van der Waals surface area (Å²) in [5.41, 5.74) is 1.11. The highest BCUT2D eigenvalue weighted by atomic mass is 16.3. The fourth-order valence-corrected chi connectivity index (χ4v) is 1.67. The Morgan fingerprint density at radius 3 is 2.71 bits per heavy atom. The number of nitrogens with one attached hydrogen (secondary N) is 1. The van der Waals surface area contributed by atoms with Crippen LogP contribution in [0.25, 0.3) is 0 Å². The van der Waals surface area contributed by atoms with Gasteiger partial charge in [-0.1, -0.05) is 26.0 Å². The normalized spacial score (nSPS) is 11.7. The van der Waals surface area contributed by atoms with Gasteiger partial charge in [-0.3, -0.25) is 0 Å². The molecule has 0 atom stereocenters. The van der Waals surface area contributed by atoms with Crippen LogP contribution in [-0.4, -0.2) is 23.4 Å². The Hall–Kier alpha value is -1.06. The molecule has 0 saturated carbocycles. The maximum atomic E-state index is 9.30. The summed E-state index contributed by atoms with van der Waals surface area (Å²) in [5.74, 6) is 0.311. The first-order valence-corrected chi connectivity index (χ1v) is 6.13. The average molecular weight is 237 g/mol. The van der Waals surface area contributed by atoms with Gasteiger partial charge in [0.1, 0.15) is 5.75 Å². The molecule has 0 aromatic heterocycles. The topological polar surface area (TPSA) is 52.5 Å². The zero-order chi connectivity index (χ0) is 12.7. The summed E-state index contributed by atoms with van der Waals surface area (Å²) in [6.45, 7) is 6.08. The first-order valence-electron chi connectivity index (χ1n) is 6.13. The molecular formula is C14H23NO2. The molecule has 3 nitrogen and oxygen atoms in total. The van der Waals surface area contributed by atoms with Crippen LogP contribution in [0.15, 0.2) is 24.3 Å². The fraction of sp³-hybridized carbons (Fsp3) is 0.571. The molecule has 0 heterocycles. The van der Waals surface area contributed by atoms with Crippen LogP contribution in [-0.2, 0) is 6.54 Å². The summed E-state index contributed by atoms with van der Waals surface area (Å²) in [5, 5.41) is 21.7. The van der Waals surface area contributed by atoms with E-state index >= 15 is 0 Å². The Bertz CT molecular complexity index is 337. The maximum Gasteiger partial charge on any atom is 0.115 e. The molecule has 0 spiro atoms. The van der Waals surface area contributed by atoms with Crippen molar-refractivity contribution in [3.8, 4) is 5.75 Å². The number of rotatable bonds is 7. The van der Waals surface area contributed by atoms with E-state index in [0.717, 1.165) is 31.5 Å². The Kier molecular flexibility index (Phi) is 5.45. The molecule has 1 aromatic rings. The number of aliphatic hydroxyl groups excluding tert-OH is 1. The van der Waals surface area contributed by atoms with E-state index in [1.165, 1.54) is 0 Å². The van der Waals surface area contributed by atoms with Gasteiger partial charge in [-0.25, -0.2) is 0 Å². The number of phenolic OH excluding ortho intramolecular Hbond substituents is 1. The molecule has 0 bridgehead atoms. The first kappa shape index (κ1) is 14.0. The van der Waals surface area contributed by atoms with Crippen LogP contribution in [0.4, 0.5) is 0 Å². The monoisotopic (exact) mass is 237 g/mol. The number of hydrogen-bond acceptors (Lipinski definition) is 3. The molecule has 0 aliphatic rings. The summed E-state index contributed by atoms with van der Waals surface area (Å²) in [6, 6.07) is 7.28. The number of aromatic hydroxyl groups is 1. The first-order chi connectivity index (χ1) is 8.03. The Balaban J connectivity index is 2.17. The minimum atomic E-state index is 0.0205. The maximum absolute atomic E-state index is 9.30. The van der Waals surface area contributed by atoms with Crippen molar-refractivity contribution in [2.75, 3.05) is 13.2 Å². The molecule has 17 heavy (non-hydrogen) atoms. The second kappa shape index (κ2) is 6.62. The quantitative estimate of drug-likeness (QED) is 0.638. The lowest BCUT2D eigenvalue weighted by atomic mass is 9.89. The summed E-state index contributed by atoms with van der Waals surface area (Å²) < 4.78 is 0. The van der Waals surface area contributed by atoms with E-state index in [4.69, 9.17) is 5.11 Å². The SMILES string of the molecule is CC(C)(CO)CCCNCc1cccc(O)c1. The van der Waals surface area contributed by atoms with Crippen molar-refractivity contribution >= 4 is 0 Å². The summed E-state index contributed by atoms with van der Waals surface area (Å²) in [7, 11) is 0. The number of aliphatic hydroxyl groups is 1. The van der Waals surface area contributed by atoms with Crippen LogP contribution in [0, 0.1) is 5.41 Å². The molecule has 0 aliphatic carbocycles. The second-order valence-electron chi connectivity index (χ2n) is 5.27. The average Bonchev–Trinajstić information content (AvgIpc) is 2.29. The lowest BCUT2D eigenvalue weighted by molar-refractivity contribution is 0.148. The molecule has 0 fully saturated rings. The van der Waals surface area contributed by atoms with E-state index in [2.05, 4.69) is 19.2 Å². The van der Waals surface area contributed by atoms with Crippen molar-refractivity contribution in [2.45, 2.75) is 33.2 Å². The molecule has 3 heteroatoms. The van der Waals surface area contributed by atoms with E-state index in [0.29, 0.717) is 5.75 Å². The van der Waals surface area contributed by atoms with E-state index in [9.17, 15) is 5.11 Å². The zero-order valence-electron chi connectivity index (χ0n) is 10.7. The lowest BCUT2D eigenvalue weighted by Crippen LogP contribution is -2.20. The minimum absolute atomic E-state index is 0.0205. The van der Waals surface area contributed by atoms with Gasteiger partial charge in [0.25, 0.3) is 0 Å². The number of phenols is 1. The molecule has 96 valence electrons. The number of hydrogen-bond donors (Lipinski definition) is 3. The van der Waals surface area contributed by atoms with Crippen molar-refractivity contribution in [1.82, 2.24) is 5.32 Å². The van der Waals surface area contributed by atoms with Gasteiger partial charge in [-0.15, -0.1) is 0 Å². The van der Waals surface area contributed by atoms with Gasteiger partial charge in [0, 0.05) is 13.2 Å². The van der Waals surface area contributed by atoms with Crippen molar-refractivity contribution in [2.24, 2.45) is 5.41 Å². The van der Waals surface area contributed by atoms with Gasteiger partial charge in [0.05, 0.1) is 0 Å². The zero-order valence-corrected chi connectivity index (χ0v) is 10.7. The third-order valence-electron chi connectivity index (χ3n) is 2.87. The van der Waals surface area contributed by atoms with Crippen molar-refractivity contribution in [3.05, 3.63) is 29.8 Å². The third-order valence-corrected chi connectivity index (χ3v) is 2.87. The summed E-state index contributed by atoms with van der Waals surface area (Å²) >= 11 is 0. The largest absolute Gasteiger partial charge is 0.508 e. The highest BCUT2D eigenvalue weighted by Gasteiger charge is 2.14. The van der Waals surface area contributed by atoms with E-state index in [1.54, 1.807) is 12.1 Å². The van der Waals surface area contributed by atoms with Crippen molar-refractivity contribution in [1.29, 1.82) is 0 Å². The molecule has 0 unspecified atom stereocenters. The standard InChI is InChI=1S/C14H23NO2/c1-14(2,11-16)7-4-8-15-10-12-5-3-6-13(17)9-12/h3,5-6,9,15-17H,4,7-8,10-11H2,1-2H3. The van der Waals surface area contributed by atoms with Crippen LogP contribution in [0.2, 0.25) is 0 Å². The van der Waals surface area contributed by atoms with Crippen molar-refractivity contribution in [3.63, 3.8) is 0 Å². The second-order valence-corrected chi connectivity index (χ2v) is 5.27. The van der Waals surface area contributed by atoms with Crippen LogP contribution in [0.5, 0.6) is 5.75 Å². The van der Waals surface area contributed by atoms with Gasteiger partial charge >= 0.3 is 0 Å². The van der Waals surface area contributed by atoms with E-state index in [-0.39, 0.29) is 12.0 Å². The highest BCUT2D eigenvalue weighted by molar-refractivity contribution is 5.26. The van der Waals surface area contributed by atoms with E-state index in [1.807, 2.05) is 12.1 Å². The Morgan fingerprint density at radius 1 is 1.29 bits per heavy atom. The van der Waals surface area contributed by atoms with Crippen LogP contribution in [0.3, 0.4) is 0 Å². The van der Waals surface area contributed by atoms with Gasteiger partial charge in [0.15, 0.2) is 0 Å². The van der Waals surface area contributed by atoms with Gasteiger partial charge in [-0.05, 0) is 42.5 Å². The molecule has 3 N–H and O–H groups in total. The van der Waals surface area contributed by atoms with E-state index < -0.39 is 0 Å². The molecule has 0 amide bonds. The number of benzene rings is 1. The fourth-order valence-electron chi connectivity index (χ4n) is 1.67. The minimum Gasteiger partial charge on any atom is -0.508 e. The summed E-state index contributed by atoms with van der Waals surface area (Å²) in [6.07, 6.45) is 2.06. The lowest BCUT2D eigenvalue weighted by Gasteiger charge is -2.21. The van der Waals surface area contributed by atoms with Gasteiger partial charge in [-0.2, -0.15) is 0 Å². The molecular weight excluding hydrogens is 214 g/mol. The predicted octanol–water partition coefficient (Wildman–Crippen LogP) is 2.28. The molecule has 0 aliphatic heterocycles. The highest BCUT2D eigenvalue weighted by Crippen LogP contribution is 2.20. The van der Waals surface area contributed by atoms with Gasteiger partial charge < -0.3 is 15.5 Å². The summed E-state index contributed by atoms with van der Waals surface area (Å²) in [4.78, 5) is 0. The van der Waals surface area contributed by atoms with Crippen LogP contribution < -0.4 is 5.32 Å². The molecule has 0 saturated heterocycles. The molecule has 0 radical (unpaired) electrons. The Labute approximate surface area is 103 Å². The Morgan fingerprint density at radius 2 is 2.06 bits per heavy atom. The molecule has 1 rings (SSSR count).